The van der Waals surface area contributed by atoms with E-state index in [1.807, 2.05) is 6.92 Å². The second-order valence-electron chi connectivity index (χ2n) is 3.53. The first kappa shape index (κ1) is 13.0. The van der Waals surface area contributed by atoms with Gasteiger partial charge in [-0.1, -0.05) is 25.4 Å². The number of nitroso groups, excluding NO2 is 1. The van der Waals surface area contributed by atoms with Gasteiger partial charge >= 0.3 is 0 Å². The number of aliphatic hydroxyl groups excluding tert-OH is 1. The van der Waals surface area contributed by atoms with Crippen LogP contribution in [0.5, 0.6) is 0 Å². The summed E-state index contributed by atoms with van der Waals surface area (Å²) < 4.78 is 0. The lowest BCUT2D eigenvalue weighted by Gasteiger charge is -2.17. The van der Waals surface area contributed by atoms with E-state index < -0.39 is 11.9 Å². The van der Waals surface area contributed by atoms with E-state index in [9.17, 15) is 9.70 Å². The quantitative estimate of drug-likeness (QED) is 0.621. The molecule has 0 aliphatic carbocycles. The molecule has 0 bridgehead atoms. The average Bonchev–Trinajstić information content (AvgIpc) is 2.18. The van der Waals surface area contributed by atoms with E-state index in [0.717, 1.165) is 6.42 Å². The van der Waals surface area contributed by atoms with E-state index >= 15 is 0 Å². The van der Waals surface area contributed by atoms with E-state index in [2.05, 4.69) is 10.5 Å². The lowest BCUT2D eigenvalue weighted by atomic mass is 9.99. The summed E-state index contributed by atoms with van der Waals surface area (Å²) >= 11 is 0. The number of hydrogen-bond donors (Lipinski definition) is 2. The van der Waals surface area contributed by atoms with Crippen LogP contribution in [0.15, 0.2) is 5.18 Å². The highest BCUT2D eigenvalue weighted by Crippen LogP contribution is 2.11. The van der Waals surface area contributed by atoms with Gasteiger partial charge in [0.15, 0.2) is 6.04 Å². The maximum absolute atomic E-state index is 11.4. The highest BCUT2D eigenvalue weighted by atomic mass is 16.3. The van der Waals surface area contributed by atoms with Crippen molar-refractivity contribution in [1.29, 1.82) is 0 Å². The Morgan fingerprint density at radius 3 is 2.43 bits per heavy atom. The van der Waals surface area contributed by atoms with Crippen molar-refractivity contribution in [3.05, 3.63) is 4.91 Å². The Kier molecular flexibility index (Phi) is 6.03. The zero-order valence-electron chi connectivity index (χ0n) is 8.86. The van der Waals surface area contributed by atoms with Crippen molar-refractivity contribution in [1.82, 2.24) is 5.32 Å². The number of aliphatic hydroxyl groups is 1. The highest BCUT2D eigenvalue weighted by molar-refractivity contribution is 5.82. The zero-order chi connectivity index (χ0) is 11.1. The van der Waals surface area contributed by atoms with E-state index in [0.29, 0.717) is 0 Å². The summed E-state index contributed by atoms with van der Waals surface area (Å²) in [6.45, 7) is 5.22. The van der Waals surface area contributed by atoms with E-state index in [1.54, 1.807) is 13.8 Å². The molecule has 3 unspecified atom stereocenters. The number of nitrogens with zero attached hydrogens (tertiary/aromatic N) is 1. The summed E-state index contributed by atoms with van der Waals surface area (Å²) in [5, 5.41) is 14.0. The Morgan fingerprint density at radius 2 is 2.07 bits per heavy atom. The third-order valence-corrected chi connectivity index (χ3v) is 2.23. The molecule has 5 heteroatoms. The first-order valence-electron chi connectivity index (χ1n) is 4.80. The normalized spacial score (nSPS) is 16.9. The van der Waals surface area contributed by atoms with Gasteiger partial charge in [0.25, 0.3) is 0 Å². The minimum absolute atomic E-state index is 0.0709. The summed E-state index contributed by atoms with van der Waals surface area (Å²) in [6, 6.07) is -1.19. The third-order valence-electron chi connectivity index (χ3n) is 2.23. The first-order valence-corrected chi connectivity index (χ1v) is 4.80. The summed E-state index contributed by atoms with van der Waals surface area (Å²) in [7, 11) is 0. The van der Waals surface area contributed by atoms with Crippen molar-refractivity contribution in [2.75, 3.05) is 6.61 Å². The SMILES string of the molecule is CCC(C)C(N=O)C(=O)NC(C)CO. The zero-order valence-corrected chi connectivity index (χ0v) is 8.86. The average molecular weight is 202 g/mol. The van der Waals surface area contributed by atoms with Gasteiger partial charge in [0.05, 0.1) is 6.61 Å². The second kappa shape index (κ2) is 6.48. The van der Waals surface area contributed by atoms with E-state index in [-0.39, 0.29) is 18.6 Å². The molecule has 0 radical (unpaired) electrons. The first-order chi connectivity index (χ1) is 6.56. The predicted molar refractivity (Wildman–Crippen MR) is 53.7 cm³/mol. The number of hydrogen-bond acceptors (Lipinski definition) is 4. The van der Waals surface area contributed by atoms with Gasteiger partial charge in [-0.25, -0.2) is 0 Å². The summed E-state index contributed by atoms with van der Waals surface area (Å²) in [5.41, 5.74) is 0. The Bertz CT molecular complexity index is 196. The van der Waals surface area contributed by atoms with E-state index in [4.69, 9.17) is 5.11 Å². The van der Waals surface area contributed by atoms with Crippen molar-refractivity contribution in [2.24, 2.45) is 11.1 Å². The van der Waals surface area contributed by atoms with Crippen LogP contribution in [0.4, 0.5) is 0 Å². The van der Waals surface area contributed by atoms with Gasteiger partial charge in [0.1, 0.15) is 0 Å². The summed E-state index contributed by atoms with van der Waals surface area (Å²) in [4.78, 5) is 21.9. The lowest BCUT2D eigenvalue weighted by molar-refractivity contribution is -0.124. The molecule has 14 heavy (non-hydrogen) atoms. The molecule has 0 spiro atoms. The van der Waals surface area contributed by atoms with Crippen LogP contribution in [0.25, 0.3) is 0 Å². The van der Waals surface area contributed by atoms with Crippen molar-refractivity contribution in [2.45, 2.75) is 39.3 Å². The van der Waals surface area contributed by atoms with Crippen LogP contribution in [-0.4, -0.2) is 29.7 Å². The maximum Gasteiger partial charge on any atom is 0.249 e. The predicted octanol–water partition coefficient (Wildman–Crippen LogP) is 0.664. The van der Waals surface area contributed by atoms with Gasteiger partial charge in [-0.15, -0.1) is 4.91 Å². The van der Waals surface area contributed by atoms with Crippen molar-refractivity contribution in [3.63, 3.8) is 0 Å². The van der Waals surface area contributed by atoms with Crippen LogP contribution in [-0.2, 0) is 4.79 Å². The minimum Gasteiger partial charge on any atom is -0.394 e. The largest absolute Gasteiger partial charge is 0.394 e. The van der Waals surface area contributed by atoms with Gasteiger partial charge in [0, 0.05) is 6.04 Å². The molecule has 0 fully saturated rings. The number of nitrogens with one attached hydrogen (secondary N) is 1. The Labute approximate surface area is 83.9 Å². The number of carbonyl (C=O) groups excluding carboxylic acids is 1. The molecule has 5 nitrogen and oxygen atoms in total. The monoisotopic (exact) mass is 202 g/mol. The van der Waals surface area contributed by atoms with E-state index in [1.165, 1.54) is 0 Å². The fraction of sp³-hybridized carbons (Fsp3) is 0.889. The smallest absolute Gasteiger partial charge is 0.249 e. The molecular formula is C9H18N2O3. The molecule has 0 saturated carbocycles. The van der Waals surface area contributed by atoms with Crippen LogP contribution >= 0.6 is 0 Å². The molecule has 3 atom stereocenters. The number of carbonyl (C=O) groups is 1. The number of amides is 1. The van der Waals surface area contributed by atoms with Crippen LogP contribution in [0.3, 0.4) is 0 Å². The fourth-order valence-electron chi connectivity index (χ4n) is 1.01. The molecule has 0 aromatic rings. The van der Waals surface area contributed by atoms with Gasteiger partial charge in [-0.3, -0.25) is 4.79 Å². The molecule has 0 heterocycles. The van der Waals surface area contributed by atoms with Crippen LogP contribution < -0.4 is 5.32 Å². The van der Waals surface area contributed by atoms with Crippen LogP contribution in [0.1, 0.15) is 27.2 Å². The fourth-order valence-corrected chi connectivity index (χ4v) is 1.01. The van der Waals surface area contributed by atoms with Crippen LogP contribution in [0, 0.1) is 10.8 Å². The molecule has 1 amide bonds. The van der Waals surface area contributed by atoms with Gasteiger partial charge in [-0.05, 0) is 12.8 Å². The summed E-state index contributed by atoms with van der Waals surface area (Å²) in [6.07, 6.45) is 0.720. The van der Waals surface area contributed by atoms with Gasteiger partial charge in [0.2, 0.25) is 5.91 Å². The standard InChI is InChI=1S/C9H18N2O3/c1-4-6(2)8(11-14)9(13)10-7(3)5-12/h6-8,12H,4-5H2,1-3H3,(H,10,13). The maximum atomic E-state index is 11.4. The Morgan fingerprint density at radius 1 is 1.50 bits per heavy atom. The number of rotatable bonds is 6. The lowest BCUT2D eigenvalue weighted by Crippen LogP contribution is -2.43. The molecule has 0 rings (SSSR count). The van der Waals surface area contributed by atoms with Crippen molar-refractivity contribution < 1.29 is 9.90 Å². The Balaban J connectivity index is 4.24. The molecular weight excluding hydrogens is 184 g/mol. The molecule has 82 valence electrons. The molecule has 2 N–H and O–H groups in total. The molecule has 0 saturated heterocycles. The van der Waals surface area contributed by atoms with Crippen molar-refractivity contribution >= 4 is 5.91 Å². The molecule has 0 aliphatic heterocycles. The topological polar surface area (TPSA) is 78.8 Å². The molecule has 0 aromatic carbocycles. The Hall–Kier alpha value is -0.970. The van der Waals surface area contributed by atoms with Crippen molar-refractivity contribution in [3.8, 4) is 0 Å². The summed E-state index contributed by atoms with van der Waals surface area (Å²) in [5.74, 6) is -0.478. The highest BCUT2D eigenvalue weighted by Gasteiger charge is 2.25. The molecule has 0 aromatic heterocycles. The van der Waals surface area contributed by atoms with Gasteiger partial charge < -0.3 is 10.4 Å². The minimum atomic E-state index is -0.853. The second-order valence-corrected chi connectivity index (χ2v) is 3.53. The van der Waals surface area contributed by atoms with Crippen LogP contribution in [0.2, 0.25) is 0 Å². The molecule has 0 aliphatic rings. The third kappa shape index (κ3) is 3.83. The van der Waals surface area contributed by atoms with Gasteiger partial charge in [-0.2, -0.15) is 0 Å².